The molecule has 0 heterocycles. The predicted molar refractivity (Wildman–Crippen MR) is 21.0 cm³/mol. The summed E-state index contributed by atoms with van der Waals surface area (Å²) >= 11 is 3.27. The van der Waals surface area contributed by atoms with Gasteiger partial charge >= 0.3 is 0 Å². The highest BCUT2D eigenvalue weighted by molar-refractivity contribution is 7.75. The van der Waals surface area contributed by atoms with Crippen LogP contribution in [0.5, 0.6) is 0 Å². The summed E-state index contributed by atoms with van der Waals surface area (Å²) < 4.78 is 4.02. The maximum Gasteiger partial charge on any atom is 0.146 e. The van der Waals surface area contributed by atoms with Crippen LogP contribution in [0, 0.1) is 0 Å². The Bertz CT molecular complexity index is 28.8. The average molecular weight is 92.1 g/mol. The van der Waals surface area contributed by atoms with E-state index in [1.54, 1.807) is 0 Å². The van der Waals surface area contributed by atoms with E-state index >= 15 is 0 Å². The minimum atomic E-state index is 0.0725. The summed E-state index contributed by atoms with van der Waals surface area (Å²) in [5, 5.41) is 0. The molecule has 0 N–H and O–H groups in total. The molecular formula is C2H4O2S. The maximum absolute atomic E-state index is 9.23. The molecule has 0 aliphatic heterocycles. The Kier molecular flexibility index (Phi) is 3.96. The zero-order valence-electron chi connectivity index (χ0n) is 2.55. The summed E-state index contributed by atoms with van der Waals surface area (Å²) in [6, 6.07) is 0. The number of hydrogen-bond acceptors (Lipinski definition) is 3. The van der Waals surface area contributed by atoms with Crippen LogP contribution in [0.15, 0.2) is 0 Å². The first-order chi connectivity index (χ1) is 2.41. The molecule has 0 atom stereocenters. The molecular weight excluding hydrogens is 88.1 g/mol. The van der Waals surface area contributed by atoms with Gasteiger partial charge < -0.3 is 8.98 Å². The molecule has 0 saturated heterocycles. The highest BCUT2D eigenvalue weighted by Crippen LogP contribution is 1.68. The van der Waals surface area contributed by atoms with E-state index in [9.17, 15) is 4.79 Å². The zero-order valence-corrected chi connectivity index (χ0v) is 3.44. The van der Waals surface area contributed by atoms with E-state index in [2.05, 4.69) is 17.1 Å². The molecule has 0 amide bonds. The molecule has 0 aromatic rings. The zero-order chi connectivity index (χ0) is 4.12. The Morgan fingerprint density at radius 1 is 2.00 bits per heavy atom. The highest BCUT2D eigenvalue weighted by atomic mass is 32.1. The smallest absolute Gasteiger partial charge is 0.146 e. The van der Waals surface area contributed by atoms with Crippen molar-refractivity contribution in [2.45, 2.75) is 0 Å². The van der Waals surface area contributed by atoms with Gasteiger partial charge in [0, 0.05) is 0 Å². The third-order valence-corrected chi connectivity index (χ3v) is 0.292. The average Bonchev–Trinajstić information content (AvgIpc) is 1.41. The van der Waals surface area contributed by atoms with Gasteiger partial charge in [0.05, 0.1) is 0 Å². The van der Waals surface area contributed by atoms with Crippen molar-refractivity contribution in [3.05, 3.63) is 0 Å². The van der Waals surface area contributed by atoms with Gasteiger partial charge in [-0.05, 0) is 12.9 Å². The van der Waals surface area contributed by atoms with Gasteiger partial charge in [0.15, 0.2) is 0 Å². The van der Waals surface area contributed by atoms with Crippen molar-refractivity contribution < 1.29 is 8.98 Å². The molecule has 0 unspecified atom stereocenters. The van der Waals surface area contributed by atoms with Gasteiger partial charge in [-0.3, -0.25) is 0 Å². The van der Waals surface area contributed by atoms with Crippen LogP contribution < -0.4 is 0 Å². The summed E-state index contributed by atoms with van der Waals surface area (Å²) in [5.74, 6) is 0. The third kappa shape index (κ3) is 3.98. The SMILES string of the molecule is O=CCOS. The van der Waals surface area contributed by atoms with Gasteiger partial charge in [0.1, 0.15) is 12.9 Å². The van der Waals surface area contributed by atoms with E-state index in [4.69, 9.17) is 0 Å². The van der Waals surface area contributed by atoms with Crippen LogP contribution in [-0.4, -0.2) is 12.9 Å². The lowest BCUT2D eigenvalue weighted by Gasteiger charge is -1.73. The van der Waals surface area contributed by atoms with Crippen molar-refractivity contribution in [3.8, 4) is 0 Å². The lowest BCUT2D eigenvalue weighted by atomic mass is 10.9. The van der Waals surface area contributed by atoms with Gasteiger partial charge in [0.25, 0.3) is 0 Å². The van der Waals surface area contributed by atoms with Crippen LogP contribution in [0.3, 0.4) is 0 Å². The standard InChI is InChI=1S/C2H4O2S/c3-1-2-4-5/h1,5H,2H2. The highest BCUT2D eigenvalue weighted by Gasteiger charge is 1.65. The van der Waals surface area contributed by atoms with Crippen LogP contribution in [-0.2, 0) is 8.98 Å². The van der Waals surface area contributed by atoms with Crippen LogP contribution in [0.4, 0.5) is 0 Å². The minimum Gasteiger partial charge on any atom is -0.311 e. The van der Waals surface area contributed by atoms with E-state index in [-0.39, 0.29) is 6.61 Å². The number of carbonyl (C=O) groups excluding carboxylic acids is 1. The van der Waals surface area contributed by atoms with E-state index in [0.717, 1.165) is 0 Å². The van der Waals surface area contributed by atoms with E-state index in [0.29, 0.717) is 6.29 Å². The number of rotatable bonds is 2. The third-order valence-electron chi connectivity index (χ3n) is 0.143. The molecule has 0 aliphatic carbocycles. The van der Waals surface area contributed by atoms with Crippen molar-refractivity contribution in [1.29, 1.82) is 0 Å². The van der Waals surface area contributed by atoms with Gasteiger partial charge in [-0.2, -0.15) is 0 Å². The first-order valence-corrected chi connectivity index (χ1v) is 1.48. The van der Waals surface area contributed by atoms with E-state index < -0.39 is 0 Å². The first kappa shape index (κ1) is 4.98. The molecule has 0 spiro atoms. The van der Waals surface area contributed by atoms with Crippen molar-refractivity contribution in [3.63, 3.8) is 0 Å². The first-order valence-electron chi connectivity index (χ1n) is 1.12. The van der Waals surface area contributed by atoms with Crippen LogP contribution in [0.2, 0.25) is 0 Å². The molecule has 0 radical (unpaired) electrons. The van der Waals surface area contributed by atoms with Gasteiger partial charge in [-0.15, -0.1) is 0 Å². The fraction of sp³-hybridized carbons (Fsp3) is 0.500. The van der Waals surface area contributed by atoms with Crippen molar-refractivity contribution in [1.82, 2.24) is 0 Å². The van der Waals surface area contributed by atoms with Crippen LogP contribution in [0.1, 0.15) is 0 Å². The van der Waals surface area contributed by atoms with Crippen LogP contribution in [0.25, 0.3) is 0 Å². The molecule has 0 saturated carbocycles. The largest absolute Gasteiger partial charge is 0.311 e. The van der Waals surface area contributed by atoms with Crippen molar-refractivity contribution in [2.75, 3.05) is 6.61 Å². The summed E-state index contributed by atoms with van der Waals surface area (Å²) in [7, 11) is 0. The molecule has 0 fully saturated rings. The monoisotopic (exact) mass is 92.0 g/mol. The quantitative estimate of drug-likeness (QED) is 0.296. The number of aldehydes is 1. The maximum atomic E-state index is 9.23. The van der Waals surface area contributed by atoms with Gasteiger partial charge in [-0.1, -0.05) is 0 Å². The van der Waals surface area contributed by atoms with E-state index in [1.165, 1.54) is 0 Å². The Hall–Kier alpha value is -0.0200. The minimum absolute atomic E-state index is 0.0725. The Labute approximate surface area is 35.7 Å². The topological polar surface area (TPSA) is 26.3 Å². The second-order valence-electron chi connectivity index (χ2n) is 0.462. The summed E-state index contributed by atoms with van der Waals surface area (Å²) in [6.07, 6.45) is 0.632. The fourth-order valence-electron chi connectivity index (χ4n) is 0.0304. The molecule has 3 heteroatoms. The normalized spacial score (nSPS) is 7.40. The molecule has 0 aromatic carbocycles. The molecule has 0 bridgehead atoms. The van der Waals surface area contributed by atoms with Gasteiger partial charge in [-0.25, -0.2) is 0 Å². The number of thiol groups is 1. The number of hydrogen-bond donors (Lipinski definition) is 1. The Morgan fingerprint density at radius 3 is 2.60 bits per heavy atom. The Balaban J connectivity index is 2.40. The molecule has 0 aliphatic rings. The second kappa shape index (κ2) is 3.98. The molecule has 2 nitrogen and oxygen atoms in total. The summed E-state index contributed by atoms with van der Waals surface area (Å²) in [6.45, 7) is 0.0725. The molecule has 30 valence electrons. The van der Waals surface area contributed by atoms with Crippen molar-refractivity contribution in [2.24, 2.45) is 0 Å². The molecule has 0 aromatic heterocycles. The van der Waals surface area contributed by atoms with Crippen molar-refractivity contribution >= 4 is 19.2 Å². The van der Waals surface area contributed by atoms with E-state index in [1.807, 2.05) is 0 Å². The molecule has 0 rings (SSSR count). The fourth-order valence-corrected chi connectivity index (χ4v) is 0.0913. The predicted octanol–water partition coefficient (Wildman–Crippen LogP) is 0.0467. The lowest BCUT2D eigenvalue weighted by Crippen LogP contribution is -1.79. The summed E-state index contributed by atoms with van der Waals surface area (Å²) in [5.41, 5.74) is 0. The Morgan fingerprint density at radius 2 is 2.60 bits per heavy atom. The van der Waals surface area contributed by atoms with Gasteiger partial charge in [0.2, 0.25) is 0 Å². The summed E-state index contributed by atoms with van der Waals surface area (Å²) in [4.78, 5) is 9.23. The van der Waals surface area contributed by atoms with Crippen LogP contribution >= 0.6 is 12.9 Å². The second-order valence-corrected chi connectivity index (χ2v) is 0.721. The number of carbonyl (C=O) groups is 1. The molecule has 5 heavy (non-hydrogen) atoms. The lowest BCUT2D eigenvalue weighted by molar-refractivity contribution is -0.109.